The minimum atomic E-state index is -1.09. The van der Waals surface area contributed by atoms with Gasteiger partial charge in [-0.15, -0.1) is 6.10 Å². The van der Waals surface area contributed by atoms with Gasteiger partial charge in [-0.05, 0) is 43.1 Å². The molecule has 7 unspecified atom stereocenters. The summed E-state index contributed by atoms with van der Waals surface area (Å²) in [5.74, 6) is -0.837. The maximum atomic E-state index is 11.7. The van der Waals surface area contributed by atoms with Gasteiger partial charge in [-0.1, -0.05) is 25.2 Å². The summed E-state index contributed by atoms with van der Waals surface area (Å²) in [5, 5.41) is 50.3. The molecular weight excluding hydrogens is 335 g/mol. The summed E-state index contributed by atoms with van der Waals surface area (Å²) in [6, 6.07) is 0. The van der Waals surface area contributed by atoms with Gasteiger partial charge in [0.15, 0.2) is 0 Å². The number of hydrogen-bond donors (Lipinski definition) is 4. The zero-order valence-electron chi connectivity index (χ0n) is 14.9. The normalized spacial score (nSPS) is 33.6. The van der Waals surface area contributed by atoms with E-state index in [1.165, 1.54) is 0 Å². The Labute approximate surface area is 170 Å². The summed E-state index contributed by atoms with van der Waals surface area (Å²) in [6.45, 7) is 2.06. The Kier molecular flexibility index (Phi) is 9.32. The van der Waals surface area contributed by atoms with Crippen LogP contribution < -0.4 is 34.7 Å². The maximum Gasteiger partial charge on any atom is 1.00 e. The minimum absolute atomic E-state index is 0. The van der Waals surface area contributed by atoms with Gasteiger partial charge in [0, 0.05) is 5.92 Å². The summed E-state index contributed by atoms with van der Waals surface area (Å²) in [4.78, 5) is 10.6. The minimum Gasteiger partial charge on any atom is -0.849 e. The second-order valence-electron chi connectivity index (χ2n) is 7.13. The Balaban J connectivity index is 0.00000312. The molecule has 0 radical (unpaired) electrons. The summed E-state index contributed by atoms with van der Waals surface area (Å²) < 4.78 is 0. The van der Waals surface area contributed by atoms with Crippen molar-refractivity contribution >= 4 is 5.97 Å². The van der Waals surface area contributed by atoms with Crippen LogP contribution in [0, 0.1) is 17.8 Å². The van der Waals surface area contributed by atoms with Crippen molar-refractivity contribution in [1.29, 1.82) is 0 Å². The van der Waals surface area contributed by atoms with E-state index >= 15 is 0 Å². The molecule has 0 saturated heterocycles. The van der Waals surface area contributed by atoms with Crippen LogP contribution in [0.15, 0.2) is 23.8 Å². The van der Waals surface area contributed by atoms with E-state index in [9.17, 15) is 25.2 Å². The van der Waals surface area contributed by atoms with Crippen LogP contribution in [0.4, 0.5) is 0 Å². The molecule has 0 aromatic heterocycles. The van der Waals surface area contributed by atoms with Crippen LogP contribution in [-0.2, 0) is 4.79 Å². The molecule has 136 valence electrons. The van der Waals surface area contributed by atoms with Crippen LogP contribution in [0.25, 0.3) is 0 Å². The Bertz CT molecular complexity index is 506. The summed E-state index contributed by atoms with van der Waals surface area (Å²) >= 11 is 0. The molecule has 0 spiro atoms. The van der Waals surface area contributed by atoms with Gasteiger partial charge < -0.3 is 25.5 Å². The predicted molar refractivity (Wildman–Crippen MR) is 85.9 cm³/mol. The third-order valence-corrected chi connectivity index (χ3v) is 5.17. The molecule has 0 aliphatic heterocycles. The van der Waals surface area contributed by atoms with E-state index in [-0.39, 0.29) is 66.6 Å². The van der Waals surface area contributed by atoms with Gasteiger partial charge in [0.05, 0.1) is 24.7 Å². The van der Waals surface area contributed by atoms with Crippen molar-refractivity contribution in [3.63, 3.8) is 0 Å². The number of allylic oxidation sites excluding steroid dienone is 2. The van der Waals surface area contributed by atoms with Crippen molar-refractivity contribution in [2.24, 2.45) is 17.8 Å². The second-order valence-corrected chi connectivity index (χ2v) is 7.13. The third kappa shape index (κ3) is 6.47. The van der Waals surface area contributed by atoms with Crippen molar-refractivity contribution in [1.82, 2.24) is 0 Å². The van der Waals surface area contributed by atoms with Gasteiger partial charge in [-0.2, -0.15) is 0 Å². The fourth-order valence-electron chi connectivity index (χ4n) is 3.98. The van der Waals surface area contributed by atoms with E-state index in [0.717, 1.165) is 5.57 Å². The first-order valence-corrected chi connectivity index (χ1v) is 8.59. The van der Waals surface area contributed by atoms with Crippen molar-refractivity contribution in [2.45, 2.75) is 63.4 Å². The number of aliphatic carboxylic acids is 1. The van der Waals surface area contributed by atoms with E-state index in [1.807, 2.05) is 12.2 Å². The largest absolute Gasteiger partial charge is 1.00 e. The molecule has 7 atom stereocenters. The van der Waals surface area contributed by atoms with Gasteiger partial charge in [-0.3, -0.25) is 4.79 Å². The molecule has 0 aromatic rings. The number of rotatable bonds is 7. The zero-order chi connectivity index (χ0) is 17.9. The van der Waals surface area contributed by atoms with Crippen LogP contribution in [0.1, 0.15) is 39.0 Å². The molecule has 0 heterocycles. The molecule has 2 aliphatic rings. The van der Waals surface area contributed by atoms with Crippen LogP contribution in [0.5, 0.6) is 0 Å². The van der Waals surface area contributed by atoms with E-state index in [1.54, 1.807) is 6.08 Å². The standard InChI is InChI=1S/C18H27O6.Na/c1-10-2-3-11-6-13(20)8-16(22)18(11)15(10)5-4-12(19)7-14(21)9-17(23)24;/h2-3,6,10,12-16,18-19,21-22H,4-5,7-9H2,1H3,(H,23,24);/q-1;+1. The number of hydrogen-bond acceptors (Lipinski definition) is 5. The number of aliphatic hydroxyl groups is 3. The number of carbonyl (C=O) groups is 1. The summed E-state index contributed by atoms with van der Waals surface area (Å²) in [5.41, 5.74) is 0.886. The smallest absolute Gasteiger partial charge is 0.849 e. The molecule has 0 saturated carbocycles. The maximum absolute atomic E-state index is 11.7. The average Bonchev–Trinajstić information content (AvgIpc) is 2.45. The Hall–Kier alpha value is -0.210. The van der Waals surface area contributed by atoms with E-state index in [2.05, 4.69) is 6.92 Å². The fraction of sp³-hybridized carbons (Fsp3) is 0.722. The quantitative estimate of drug-likeness (QED) is 0.364. The molecule has 6 nitrogen and oxygen atoms in total. The topological polar surface area (TPSA) is 121 Å². The van der Waals surface area contributed by atoms with Crippen molar-refractivity contribution < 1.29 is 59.9 Å². The van der Waals surface area contributed by atoms with Crippen LogP contribution in [0.3, 0.4) is 0 Å². The first-order chi connectivity index (χ1) is 11.3. The third-order valence-electron chi connectivity index (χ3n) is 5.17. The Morgan fingerprint density at radius 3 is 2.68 bits per heavy atom. The first kappa shape index (κ1) is 22.8. The predicted octanol–water partition coefficient (Wildman–Crippen LogP) is -2.78. The van der Waals surface area contributed by atoms with Crippen LogP contribution in [-0.4, -0.2) is 50.8 Å². The molecule has 4 N–H and O–H groups in total. The van der Waals surface area contributed by atoms with Crippen molar-refractivity contribution in [3.8, 4) is 0 Å². The number of aliphatic hydroxyl groups excluding tert-OH is 3. The molecule has 0 bridgehead atoms. The van der Waals surface area contributed by atoms with Gasteiger partial charge in [0.25, 0.3) is 0 Å². The second kappa shape index (κ2) is 10.2. The van der Waals surface area contributed by atoms with Gasteiger partial charge in [0.1, 0.15) is 0 Å². The van der Waals surface area contributed by atoms with Crippen LogP contribution in [0.2, 0.25) is 0 Å². The number of fused-ring (bicyclic) bond motifs is 1. The van der Waals surface area contributed by atoms with E-state index < -0.39 is 30.4 Å². The van der Waals surface area contributed by atoms with Crippen molar-refractivity contribution in [3.05, 3.63) is 23.8 Å². The number of carboxylic acids is 1. The van der Waals surface area contributed by atoms with Gasteiger partial charge in [0.2, 0.25) is 0 Å². The Morgan fingerprint density at radius 1 is 1.36 bits per heavy atom. The van der Waals surface area contributed by atoms with Crippen LogP contribution >= 0.6 is 0 Å². The monoisotopic (exact) mass is 362 g/mol. The zero-order valence-corrected chi connectivity index (χ0v) is 16.9. The first-order valence-electron chi connectivity index (χ1n) is 8.59. The molecule has 25 heavy (non-hydrogen) atoms. The molecule has 2 aliphatic carbocycles. The molecular formula is C18H27NaO6. The molecule has 0 amide bonds. The SMILES string of the molecule is CC1C=CC2=CC([O-])CC(O)C2C1CCC(O)CC(O)CC(=O)O.[Na+]. The fourth-order valence-corrected chi connectivity index (χ4v) is 3.98. The number of carboxylic acid groups (broad SMARTS) is 1. The molecule has 0 fully saturated rings. The molecule has 7 heteroatoms. The van der Waals surface area contributed by atoms with E-state index in [0.29, 0.717) is 12.8 Å². The summed E-state index contributed by atoms with van der Waals surface area (Å²) in [6.07, 6.45) is 3.20. The van der Waals surface area contributed by atoms with Gasteiger partial charge in [-0.25, -0.2) is 0 Å². The average molecular weight is 362 g/mol. The van der Waals surface area contributed by atoms with Crippen molar-refractivity contribution in [2.75, 3.05) is 0 Å². The van der Waals surface area contributed by atoms with Gasteiger partial charge >= 0.3 is 35.5 Å². The van der Waals surface area contributed by atoms with E-state index in [4.69, 9.17) is 5.11 Å². The Morgan fingerprint density at radius 2 is 2.04 bits per heavy atom. The molecule has 2 rings (SSSR count). The summed E-state index contributed by atoms with van der Waals surface area (Å²) in [7, 11) is 0. The molecule has 0 aromatic carbocycles.